The SMILES string of the molecule is CC1(C)CC[C@@]2(C(=O)OC3O[C@@H](CO)[C@H](O[C@@H]4O[C@@H](CO)[C@H](O)[C@@H](O)[C@@H]4O)[C@@H](O)[C@@H]3O)C(C1)C1=CCC3[C@@]4(C)CC[C@H](O)C(C)(C)C4CC[C@@]3(C)[C@]1(C)C[C@H]2O. The molecular formula is C42H68O14. The number of fused-ring (bicyclic) bond motifs is 7. The molecule has 320 valence electrons. The highest BCUT2D eigenvalue weighted by molar-refractivity contribution is 5.80. The standard InChI is InChI=1S/C42H68O14/c1-37(2)14-15-42(36(52)56-35-32(51)30(49)33(23(19-44)54-35)55-34-31(50)29(48)28(47)22(18-43)53-34)21(16-37)20-8-9-25-39(5)12-11-26(45)38(3,4)24(39)10-13-40(25,6)41(20,7)17-27(42)46/h8,21-35,43-51H,9-19H2,1-7H3/t21?,22-,23-,24?,25?,26-,27+,28-,29+,30-,31-,32-,33-,34-,35?,39-,40+,41+,42+/m0/s1. The van der Waals surface area contributed by atoms with Gasteiger partial charge in [0.05, 0.1) is 25.4 Å². The fourth-order valence-electron chi connectivity index (χ4n) is 13.6. The number of hydrogen-bond donors (Lipinski definition) is 9. The van der Waals surface area contributed by atoms with Crippen LogP contribution in [0.3, 0.4) is 0 Å². The summed E-state index contributed by atoms with van der Waals surface area (Å²) in [4.78, 5) is 14.8. The molecule has 6 fully saturated rings. The molecule has 7 aliphatic rings. The van der Waals surface area contributed by atoms with Gasteiger partial charge in [-0.1, -0.05) is 60.1 Å². The van der Waals surface area contributed by atoms with E-state index in [0.717, 1.165) is 32.1 Å². The molecule has 4 unspecified atom stereocenters. The number of aliphatic hydroxyl groups is 9. The maximum absolute atomic E-state index is 14.8. The van der Waals surface area contributed by atoms with Crippen molar-refractivity contribution in [3.05, 3.63) is 11.6 Å². The van der Waals surface area contributed by atoms with Crippen LogP contribution in [0.15, 0.2) is 11.6 Å². The normalized spacial score (nSPS) is 53.7. The van der Waals surface area contributed by atoms with E-state index in [1.54, 1.807) is 0 Å². The lowest BCUT2D eigenvalue weighted by molar-refractivity contribution is -0.357. The maximum atomic E-state index is 14.8. The number of ether oxygens (including phenoxy) is 4. The van der Waals surface area contributed by atoms with E-state index in [1.807, 2.05) is 0 Å². The predicted octanol–water partition coefficient (Wildman–Crippen LogP) is 1.29. The first-order valence-corrected chi connectivity index (χ1v) is 20.9. The van der Waals surface area contributed by atoms with Crippen molar-refractivity contribution >= 4 is 5.97 Å². The third-order valence-corrected chi connectivity index (χ3v) is 17.2. The molecule has 5 aliphatic carbocycles. The van der Waals surface area contributed by atoms with Gasteiger partial charge in [-0.3, -0.25) is 4.79 Å². The fourth-order valence-corrected chi connectivity index (χ4v) is 13.6. The van der Waals surface area contributed by atoms with Crippen LogP contribution in [0.4, 0.5) is 0 Å². The first-order valence-electron chi connectivity index (χ1n) is 20.9. The minimum Gasteiger partial charge on any atom is -0.432 e. The summed E-state index contributed by atoms with van der Waals surface area (Å²) < 4.78 is 23.0. The molecule has 0 amide bonds. The molecule has 2 aliphatic heterocycles. The zero-order valence-corrected chi connectivity index (χ0v) is 34.1. The highest BCUT2D eigenvalue weighted by atomic mass is 16.7. The van der Waals surface area contributed by atoms with Gasteiger partial charge in [0.2, 0.25) is 6.29 Å². The van der Waals surface area contributed by atoms with Gasteiger partial charge < -0.3 is 64.9 Å². The van der Waals surface area contributed by atoms with Crippen LogP contribution in [-0.4, -0.2) is 139 Å². The van der Waals surface area contributed by atoms with E-state index >= 15 is 0 Å². The van der Waals surface area contributed by atoms with Gasteiger partial charge in [-0.15, -0.1) is 0 Å². The van der Waals surface area contributed by atoms with Crippen molar-refractivity contribution in [1.29, 1.82) is 0 Å². The predicted molar refractivity (Wildman–Crippen MR) is 199 cm³/mol. The van der Waals surface area contributed by atoms with Crippen LogP contribution in [0.5, 0.6) is 0 Å². The summed E-state index contributed by atoms with van der Waals surface area (Å²) in [5.41, 5.74) is -1.17. The van der Waals surface area contributed by atoms with Gasteiger partial charge in [0, 0.05) is 0 Å². The van der Waals surface area contributed by atoms with Gasteiger partial charge in [0.15, 0.2) is 6.29 Å². The topological polar surface area (TPSA) is 236 Å². The zero-order valence-electron chi connectivity index (χ0n) is 34.1. The fraction of sp³-hybridized carbons (Fsp3) is 0.929. The number of rotatable bonds is 6. The average Bonchev–Trinajstić information content (AvgIpc) is 3.13. The van der Waals surface area contributed by atoms with Gasteiger partial charge in [-0.05, 0) is 103 Å². The minimum atomic E-state index is -1.89. The van der Waals surface area contributed by atoms with Crippen molar-refractivity contribution in [2.45, 2.75) is 180 Å². The Kier molecular flexibility index (Phi) is 11.0. The summed E-state index contributed by atoms with van der Waals surface area (Å²) in [5, 5.41) is 97.1. The van der Waals surface area contributed by atoms with Crippen LogP contribution in [-0.2, 0) is 23.7 Å². The molecule has 0 radical (unpaired) electrons. The van der Waals surface area contributed by atoms with Gasteiger partial charge in [0.25, 0.3) is 0 Å². The van der Waals surface area contributed by atoms with E-state index < -0.39 is 97.5 Å². The molecule has 0 aromatic heterocycles. The lowest BCUT2D eigenvalue weighted by Crippen LogP contribution is -2.68. The van der Waals surface area contributed by atoms with E-state index in [0.29, 0.717) is 37.5 Å². The van der Waals surface area contributed by atoms with E-state index in [4.69, 9.17) is 18.9 Å². The molecule has 0 aromatic carbocycles. The molecule has 4 saturated carbocycles. The van der Waals surface area contributed by atoms with E-state index in [9.17, 15) is 50.8 Å². The summed E-state index contributed by atoms with van der Waals surface area (Å²) in [6.07, 6.45) is -9.35. The lowest BCUT2D eigenvalue weighted by atomic mass is 9.33. The van der Waals surface area contributed by atoms with Crippen molar-refractivity contribution in [2.75, 3.05) is 13.2 Å². The second kappa shape index (κ2) is 14.4. The van der Waals surface area contributed by atoms with Crippen molar-refractivity contribution in [2.24, 2.45) is 50.2 Å². The Labute approximate surface area is 330 Å². The highest BCUT2D eigenvalue weighted by Gasteiger charge is 2.72. The average molecular weight is 797 g/mol. The Hall–Kier alpha value is -1.27. The van der Waals surface area contributed by atoms with Crippen LogP contribution in [0.25, 0.3) is 0 Å². The molecule has 2 heterocycles. The third-order valence-electron chi connectivity index (χ3n) is 17.2. The second-order valence-corrected chi connectivity index (χ2v) is 20.8. The van der Waals surface area contributed by atoms with Crippen LogP contribution in [0, 0.1) is 50.2 Å². The summed E-state index contributed by atoms with van der Waals surface area (Å²) in [7, 11) is 0. The molecule has 56 heavy (non-hydrogen) atoms. The Bertz CT molecular complexity index is 1520. The van der Waals surface area contributed by atoms with Crippen molar-refractivity contribution in [1.82, 2.24) is 0 Å². The van der Waals surface area contributed by atoms with E-state index in [1.165, 1.54) is 5.57 Å². The number of hydrogen-bond acceptors (Lipinski definition) is 14. The molecule has 0 aromatic rings. The number of allylic oxidation sites excluding steroid dienone is 2. The monoisotopic (exact) mass is 796 g/mol. The first kappa shape index (κ1) is 42.8. The Morgan fingerprint density at radius 3 is 2.02 bits per heavy atom. The molecule has 14 heteroatoms. The summed E-state index contributed by atoms with van der Waals surface area (Å²) >= 11 is 0. The largest absolute Gasteiger partial charge is 0.432 e. The molecule has 9 N–H and O–H groups in total. The zero-order chi connectivity index (χ0) is 41.1. The molecule has 7 rings (SSSR count). The van der Waals surface area contributed by atoms with Crippen molar-refractivity contribution < 1.29 is 69.7 Å². The quantitative estimate of drug-likeness (QED) is 0.136. The smallest absolute Gasteiger partial charge is 0.317 e. The van der Waals surface area contributed by atoms with Crippen molar-refractivity contribution in [3.63, 3.8) is 0 Å². The number of carbonyl (C=O) groups is 1. The molecular weight excluding hydrogens is 728 g/mol. The number of esters is 1. The molecule has 0 bridgehead atoms. The number of aliphatic hydroxyl groups excluding tert-OH is 9. The highest BCUT2D eigenvalue weighted by Crippen LogP contribution is 2.76. The number of carbonyl (C=O) groups excluding carboxylic acids is 1. The Balaban J connectivity index is 1.16. The molecule has 2 saturated heterocycles. The Morgan fingerprint density at radius 1 is 0.714 bits per heavy atom. The van der Waals surface area contributed by atoms with Crippen LogP contribution in [0.1, 0.15) is 106 Å². The lowest BCUT2D eigenvalue weighted by Gasteiger charge is -2.71. The van der Waals surface area contributed by atoms with Crippen molar-refractivity contribution in [3.8, 4) is 0 Å². The maximum Gasteiger partial charge on any atom is 0.317 e. The summed E-state index contributed by atoms with van der Waals surface area (Å²) in [5.74, 6) is -0.449. The van der Waals surface area contributed by atoms with Gasteiger partial charge in [0.1, 0.15) is 54.2 Å². The Morgan fingerprint density at radius 2 is 1.36 bits per heavy atom. The second-order valence-electron chi connectivity index (χ2n) is 20.8. The third kappa shape index (κ3) is 6.13. The summed E-state index contributed by atoms with van der Waals surface area (Å²) in [6.45, 7) is 14.4. The molecule has 0 spiro atoms. The van der Waals surface area contributed by atoms with Gasteiger partial charge >= 0.3 is 5.97 Å². The molecule has 14 nitrogen and oxygen atoms in total. The van der Waals surface area contributed by atoms with Gasteiger partial charge in [-0.25, -0.2) is 0 Å². The van der Waals surface area contributed by atoms with Crippen LogP contribution >= 0.6 is 0 Å². The van der Waals surface area contributed by atoms with Crippen LogP contribution < -0.4 is 0 Å². The first-order chi connectivity index (χ1) is 26.0. The summed E-state index contributed by atoms with van der Waals surface area (Å²) in [6, 6.07) is 0. The molecule has 19 atom stereocenters. The van der Waals surface area contributed by atoms with Gasteiger partial charge in [-0.2, -0.15) is 0 Å². The van der Waals surface area contributed by atoms with E-state index in [-0.39, 0.29) is 33.7 Å². The van der Waals surface area contributed by atoms with E-state index in [2.05, 4.69) is 54.5 Å². The van der Waals surface area contributed by atoms with Crippen LogP contribution in [0.2, 0.25) is 0 Å². The minimum absolute atomic E-state index is 0.00601.